The van der Waals surface area contributed by atoms with E-state index in [1.54, 1.807) is 0 Å². The lowest BCUT2D eigenvalue weighted by Crippen LogP contribution is -2.08. The van der Waals surface area contributed by atoms with Gasteiger partial charge in [0.15, 0.2) is 0 Å². The number of anilines is 1. The molecule has 92 valence electrons. The lowest BCUT2D eigenvalue weighted by molar-refractivity contribution is 1.02. The summed E-state index contributed by atoms with van der Waals surface area (Å²) in [6.07, 6.45) is 1.88. The molecular weight excluding hydrogens is 220 g/mol. The van der Waals surface area contributed by atoms with Crippen LogP contribution in [-0.2, 0) is 0 Å². The van der Waals surface area contributed by atoms with E-state index in [1.807, 2.05) is 24.3 Å². The molecule has 0 bridgehead atoms. The van der Waals surface area contributed by atoms with Crippen molar-refractivity contribution in [3.63, 3.8) is 0 Å². The molecule has 0 N–H and O–H groups in total. The second kappa shape index (κ2) is 5.50. The molecule has 2 aromatic carbocycles. The SMILES string of the molecule is Cc1ccc(N(C)N=Cc2cccc(C)c2)cc1. The Bertz CT molecular complexity index is 541. The van der Waals surface area contributed by atoms with Gasteiger partial charge in [-0.25, -0.2) is 0 Å². The smallest absolute Gasteiger partial charge is 0.0590 e. The standard InChI is InChI=1S/C16H18N2/c1-13-7-9-16(10-8-13)18(3)17-12-15-6-4-5-14(2)11-15/h4-12H,1-3H3. The van der Waals surface area contributed by atoms with Crippen molar-refractivity contribution < 1.29 is 0 Å². The van der Waals surface area contributed by atoms with Crippen molar-refractivity contribution in [3.05, 3.63) is 65.2 Å². The molecule has 2 aromatic rings. The van der Waals surface area contributed by atoms with E-state index in [1.165, 1.54) is 11.1 Å². The molecule has 0 aromatic heterocycles. The van der Waals surface area contributed by atoms with Crippen LogP contribution in [-0.4, -0.2) is 13.3 Å². The highest BCUT2D eigenvalue weighted by Gasteiger charge is 1.96. The van der Waals surface area contributed by atoms with E-state index < -0.39 is 0 Å². The van der Waals surface area contributed by atoms with Crippen LogP contribution in [0.3, 0.4) is 0 Å². The van der Waals surface area contributed by atoms with Crippen molar-refractivity contribution in [1.29, 1.82) is 0 Å². The highest BCUT2D eigenvalue weighted by atomic mass is 15.4. The molecule has 0 fully saturated rings. The Morgan fingerprint density at radius 2 is 1.67 bits per heavy atom. The number of benzene rings is 2. The zero-order valence-corrected chi connectivity index (χ0v) is 11.1. The van der Waals surface area contributed by atoms with E-state index >= 15 is 0 Å². The predicted molar refractivity (Wildman–Crippen MR) is 78.4 cm³/mol. The Balaban J connectivity index is 2.11. The highest BCUT2D eigenvalue weighted by molar-refractivity contribution is 5.80. The van der Waals surface area contributed by atoms with Gasteiger partial charge >= 0.3 is 0 Å². The van der Waals surface area contributed by atoms with Gasteiger partial charge in [0.2, 0.25) is 0 Å². The molecule has 2 heteroatoms. The third-order valence-electron chi connectivity index (χ3n) is 2.83. The van der Waals surface area contributed by atoms with Crippen LogP contribution in [0, 0.1) is 13.8 Å². The maximum absolute atomic E-state index is 4.44. The number of hydrogen-bond donors (Lipinski definition) is 0. The lowest BCUT2D eigenvalue weighted by Gasteiger charge is -2.12. The van der Waals surface area contributed by atoms with Gasteiger partial charge in [-0.2, -0.15) is 5.10 Å². The predicted octanol–water partition coefficient (Wildman–Crippen LogP) is 3.77. The Morgan fingerprint density at radius 3 is 2.33 bits per heavy atom. The molecule has 0 unspecified atom stereocenters. The summed E-state index contributed by atoms with van der Waals surface area (Å²) in [4.78, 5) is 0. The van der Waals surface area contributed by atoms with E-state index in [2.05, 4.69) is 61.4 Å². The van der Waals surface area contributed by atoms with Gasteiger partial charge in [0.1, 0.15) is 0 Å². The minimum absolute atomic E-state index is 1.09. The van der Waals surface area contributed by atoms with Gasteiger partial charge in [0.05, 0.1) is 11.9 Å². The fraction of sp³-hybridized carbons (Fsp3) is 0.188. The van der Waals surface area contributed by atoms with Crippen LogP contribution >= 0.6 is 0 Å². The van der Waals surface area contributed by atoms with Crippen molar-refractivity contribution in [2.45, 2.75) is 13.8 Å². The lowest BCUT2D eigenvalue weighted by atomic mass is 10.2. The van der Waals surface area contributed by atoms with Crippen molar-refractivity contribution in [1.82, 2.24) is 0 Å². The maximum Gasteiger partial charge on any atom is 0.0590 e. The van der Waals surface area contributed by atoms with Crippen LogP contribution < -0.4 is 5.01 Å². The van der Waals surface area contributed by atoms with Gasteiger partial charge < -0.3 is 0 Å². The van der Waals surface area contributed by atoms with Gasteiger partial charge in [-0.05, 0) is 31.5 Å². The molecule has 0 heterocycles. The monoisotopic (exact) mass is 238 g/mol. The summed E-state index contributed by atoms with van der Waals surface area (Å²) in [5, 5.41) is 6.32. The molecule has 0 saturated carbocycles. The largest absolute Gasteiger partial charge is 0.269 e. The molecule has 0 saturated heterocycles. The molecule has 0 aliphatic rings. The first-order chi connectivity index (χ1) is 8.65. The number of nitrogens with zero attached hydrogens (tertiary/aromatic N) is 2. The Labute approximate surface area is 109 Å². The summed E-state index contributed by atoms with van der Waals surface area (Å²) >= 11 is 0. The summed E-state index contributed by atoms with van der Waals surface area (Å²) in [7, 11) is 1.96. The summed E-state index contributed by atoms with van der Waals surface area (Å²) in [6, 6.07) is 16.6. The van der Waals surface area contributed by atoms with E-state index in [0.717, 1.165) is 11.3 Å². The first-order valence-electron chi connectivity index (χ1n) is 6.06. The Hall–Kier alpha value is -2.09. The molecule has 2 rings (SSSR count). The Morgan fingerprint density at radius 1 is 0.944 bits per heavy atom. The number of rotatable bonds is 3. The van der Waals surface area contributed by atoms with Crippen molar-refractivity contribution in [2.24, 2.45) is 5.10 Å². The number of hydrogen-bond acceptors (Lipinski definition) is 2. The average Bonchev–Trinajstić information content (AvgIpc) is 2.37. The average molecular weight is 238 g/mol. The summed E-state index contributed by atoms with van der Waals surface area (Å²) in [5.74, 6) is 0. The third kappa shape index (κ3) is 3.20. The van der Waals surface area contributed by atoms with Crippen LogP contribution in [0.2, 0.25) is 0 Å². The molecule has 0 spiro atoms. The third-order valence-corrected chi connectivity index (χ3v) is 2.83. The molecule has 0 aliphatic heterocycles. The van der Waals surface area contributed by atoms with Gasteiger partial charge in [0, 0.05) is 7.05 Å². The fourth-order valence-electron chi connectivity index (χ4n) is 1.73. The first-order valence-corrected chi connectivity index (χ1v) is 6.06. The Kier molecular flexibility index (Phi) is 3.78. The van der Waals surface area contributed by atoms with E-state index in [4.69, 9.17) is 0 Å². The zero-order chi connectivity index (χ0) is 13.0. The topological polar surface area (TPSA) is 15.6 Å². The van der Waals surface area contributed by atoms with Crippen molar-refractivity contribution in [2.75, 3.05) is 12.1 Å². The van der Waals surface area contributed by atoms with E-state index in [0.29, 0.717) is 0 Å². The normalized spacial score (nSPS) is 10.8. The molecule has 0 radical (unpaired) electrons. The first kappa shape index (κ1) is 12.4. The molecule has 18 heavy (non-hydrogen) atoms. The van der Waals surface area contributed by atoms with Gasteiger partial charge in [-0.3, -0.25) is 5.01 Å². The molecular formula is C16H18N2. The zero-order valence-electron chi connectivity index (χ0n) is 11.1. The van der Waals surface area contributed by atoms with Crippen LogP contribution in [0.4, 0.5) is 5.69 Å². The van der Waals surface area contributed by atoms with Crippen LogP contribution in [0.25, 0.3) is 0 Å². The van der Waals surface area contributed by atoms with Gasteiger partial charge in [-0.15, -0.1) is 0 Å². The van der Waals surface area contributed by atoms with Crippen LogP contribution in [0.1, 0.15) is 16.7 Å². The van der Waals surface area contributed by atoms with Gasteiger partial charge in [0.25, 0.3) is 0 Å². The molecule has 0 atom stereocenters. The second-order valence-corrected chi connectivity index (χ2v) is 4.52. The molecule has 0 aliphatic carbocycles. The number of hydrazone groups is 1. The van der Waals surface area contributed by atoms with Gasteiger partial charge in [-0.1, -0.05) is 47.5 Å². The second-order valence-electron chi connectivity index (χ2n) is 4.52. The van der Waals surface area contributed by atoms with Crippen molar-refractivity contribution >= 4 is 11.9 Å². The van der Waals surface area contributed by atoms with Crippen LogP contribution in [0.15, 0.2) is 53.6 Å². The summed E-state index contributed by atoms with van der Waals surface area (Å²) in [6.45, 7) is 4.17. The quantitative estimate of drug-likeness (QED) is 0.587. The maximum atomic E-state index is 4.44. The van der Waals surface area contributed by atoms with E-state index in [9.17, 15) is 0 Å². The highest BCUT2D eigenvalue weighted by Crippen LogP contribution is 2.13. The minimum atomic E-state index is 1.09. The minimum Gasteiger partial charge on any atom is -0.269 e. The van der Waals surface area contributed by atoms with Crippen LogP contribution in [0.5, 0.6) is 0 Å². The number of aryl methyl sites for hydroxylation is 2. The van der Waals surface area contributed by atoms with Crippen molar-refractivity contribution in [3.8, 4) is 0 Å². The molecule has 2 nitrogen and oxygen atoms in total. The molecule has 0 amide bonds. The summed E-state index contributed by atoms with van der Waals surface area (Å²) < 4.78 is 0. The fourth-order valence-corrected chi connectivity index (χ4v) is 1.73. The summed E-state index contributed by atoms with van der Waals surface area (Å²) in [5.41, 5.74) is 4.71. The van der Waals surface area contributed by atoms with E-state index in [-0.39, 0.29) is 0 Å².